The van der Waals surface area contributed by atoms with Gasteiger partial charge in [-0.15, -0.1) is 11.3 Å². The van der Waals surface area contributed by atoms with Crippen LogP contribution in [-0.2, 0) is 12.7 Å². The van der Waals surface area contributed by atoms with Crippen LogP contribution in [0.3, 0.4) is 0 Å². The summed E-state index contributed by atoms with van der Waals surface area (Å²) in [5.41, 5.74) is 1.27. The molecule has 0 unspecified atom stereocenters. The van der Waals surface area contributed by atoms with Gasteiger partial charge in [-0.05, 0) is 24.3 Å². The maximum Gasteiger partial charge on any atom is 0.449 e. The van der Waals surface area contributed by atoms with Crippen molar-refractivity contribution in [3.8, 4) is 10.8 Å². The molecule has 24 heavy (non-hydrogen) atoms. The molecule has 8 heteroatoms. The molecule has 0 aliphatic rings. The van der Waals surface area contributed by atoms with E-state index in [9.17, 15) is 13.2 Å². The van der Waals surface area contributed by atoms with Gasteiger partial charge in [-0.25, -0.2) is 9.97 Å². The molecule has 0 atom stereocenters. The summed E-state index contributed by atoms with van der Waals surface area (Å²) in [7, 11) is 0. The fourth-order valence-corrected chi connectivity index (χ4v) is 3.28. The zero-order chi connectivity index (χ0) is 16.7. The summed E-state index contributed by atoms with van der Waals surface area (Å²) >= 11 is 1.33. The van der Waals surface area contributed by atoms with E-state index in [1.165, 1.54) is 17.6 Å². The Morgan fingerprint density at radius 1 is 1.08 bits per heavy atom. The Labute approximate surface area is 138 Å². The van der Waals surface area contributed by atoms with Gasteiger partial charge in [0.05, 0.1) is 29.5 Å². The largest absolute Gasteiger partial charge is 0.462 e. The smallest absolute Gasteiger partial charge is 0.449 e. The molecule has 0 bridgehead atoms. The molecule has 0 radical (unpaired) electrons. The Balaban J connectivity index is 1.77. The molecule has 3 aromatic heterocycles. The van der Waals surface area contributed by atoms with E-state index in [0.29, 0.717) is 27.5 Å². The molecule has 0 saturated heterocycles. The number of nitrogens with zero attached hydrogens (tertiary/aromatic N) is 3. The molecular formula is C16H10F3N3OS. The molecule has 0 aliphatic heterocycles. The number of alkyl halides is 3. The lowest BCUT2D eigenvalue weighted by Crippen LogP contribution is -2.15. The Bertz CT molecular complexity index is 986. The van der Waals surface area contributed by atoms with Crippen molar-refractivity contribution in [2.45, 2.75) is 12.7 Å². The molecule has 0 saturated carbocycles. The first-order chi connectivity index (χ1) is 11.5. The number of aromatic nitrogens is 3. The molecule has 0 amide bonds. The second-order valence-corrected chi connectivity index (χ2v) is 5.99. The number of imidazole rings is 1. The molecule has 0 N–H and O–H groups in total. The summed E-state index contributed by atoms with van der Waals surface area (Å²) in [6.45, 7) is -0.00738. The highest BCUT2D eigenvalue weighted by Crippen LogP contribution is 2.32. The van der Waals surface area contributed by atoms with Gasteiger partial charge in [-0.3, -0.25) is 0 Å². The molecular weight excluding hydrogens is 339 g/mol. The second kappa shape index (κ2) is 5.48. The lowest BCUT2D eigenvalue weighted by atomic mass is 10.3. The van der Waals surface area contributed by atoms with Crippen LogP contribution in [0.5, 0.6) is 0 Å². The summed E-state index contributed by atoms with van der Waals surface area (Å²) in [5, 5.41) is 2.36. The lowest BCUT2D eigenvalue weighted by Gasteiger charge is -2.10. The summed E-state index contributed by atoms with van der Waals surface area (Å²) in [5.74, 6) is -0.325. The number of furan rings is 1. The fraction of sp³-hybridized carbons (Fsp3) is 0.125. The Morgan fingerprint density at radius 2 is 1.92 bits per heavy atom. The van der Waals surface area contributed by atoms with Crippen LogP contribution in [0.1, 0.15) is 11.5 Å². The van der Waals surface area contributed by atoms with Crippen molar-refractivity contribution in [2.75, 3.05) is 0 Å². The third kappa shape index (κ3) is 2.58. The van der Waals surface area contributed by atoms with Gasteiger partial charge in [0, 0.05) is 5.38 Å². The highest BCUT2D eigenvalue weighted by Gasteiger charge is 2.37. The summed E-state index contributed by atoms with van der Waals surface area (Å²) in [6, 6.07) is 10.0. The van der Waals surface area contributed by atoms with Gasteiger partial charge in [-0.2, -0.15) is 13.2 Å². The molecule has 3 heterocycles. The maximum atomic E-state index is 13.3. The van der Waals surface area contributed by atoms with Gasteiger partial charge in [0.15, 0.2) is 10.8 Å². The van der Waals surface area contributed by atoms with Gasteiger partial charge < -0.3 is 8.98 Å². The van der Waals surface area contributed by atoms with Crippen molar-refractivity contribution in [2.24, 2.45) is 0 Å². The number of hydrogen-bond donors (Lipinski definition) is 0. The van der Waals surface area contributed by atoms with Crippen LogP contribution < -0.4 is 0 Å². The molecule has 0 aliphatic carbocycles. The van der Waals surface area contributed by atoms with E-state index in [-0.39, 0.29) is 6.54 Å². The SMILES string of the molecule is FC(F)(F)c1nc2ccccc2n1Cc1csc(-c2ccco2)n1. The molecule has 0 fully saturated rings. The van der Waals surface area contributed by atoms with Gasteiger partial charge in [0.25, 0.3) is 0 Å². The zero-order valence-corrected chi connectivity index (χ0v) is 12.9. The number of fused-ring (bicyclic) bond motifs is 1. The van der Waals surface area contributed by atoms with Crippen molar-refractivity contribution in [1.29, 1.82) is 0 Å². The van der Waals surface area contributed by atoms with E-state index in [1.807, 2.05) is 0 Å². The zero-order valence-electron chi connectivity index (χ0n) is 12.1. The van der Waals surface area contributed by atoms with Gasteiger partial charge >= 0.3 is 6.18 Å². The Morgan fingerprint density at radius 3 is 2.67 bits per heavy atom. The van der Waals surface area contributed by atoms with Crippen LogP contribution in [0.15, 0.2) is 52.5 Å². The third-order valence-electron chi connectivity index (χ3n) is 3.51. The number of hydrogen-bond acceptors (Lipinski definition) is 4. The van der Waals surface area contributed by atoms with Gasteiger partial charge in [0.1, 0.15) is 0 Å². The van der Waals surface area contributed by atoms with E-state index in [4.69, 9.17) is 4.42 Å². The van der Waals surface area contributed by atoms with Crippen LogP contribution in [-0.4, -0.2) is 14.5 Å². The van der Waals surface area contributed by atoms with E-state index in [2.05, 4.69) is 9.97 Å². The molecule has 4 nitrogen and oxygen atoms in total. The summed E-state index contributed by atoms with van der Waals surface area (Å²) < 4.78 is 46.3. The van der Waals surface area contributed by atoms with E-state index < -0.39 is 12.0 Å². The van der Waals surface area contributed by atoms with E-state index in [0.717, 1.165) is 4.57 Å². The highest BCUT2D eigenvalue weighted by molar-refractivity contribution is 7.13. The number of para-hydroxylation sites is 2. The number of benzene rings is 1. The molecule has 122 valence electrons. The highest BCUT2D eigenvalue weighted by atomic mass is 32.1. The first kappa shape index (κ1) is 14.9. The molecule has 4 rings (SSSR count). The predicted molar refractivity (Wildman–Crippen MR) is 83.7 cm³/mol. The predicted octanol–water partition coefficient (Wildman–Crippen LogP) is 4.82. The van der Waals surface area contributed by atoms with Crippen LogP contribution in [0.4, 0.5) is 13.2 Å². The Hall–Kier alpha value is -2.61. The standard InChI is InChI=1S/C16H10F3N3OS/c17-16(18,19)15-21-11-4-1-2-5-12(11)22(15)8-10-9-24-14(20-10)13-6-3-7-23-13/h1-7,9H,8H2. The van der Waals surface area contributed by atoms with Crippen molar-refractivity contribution in [1.82, 2.24) is 14.5 Å². The third-order valence-corrected chi connectivity index (χ3v) is 4.42. The Kier molecular flexibility index (Phi) is 3.42. The molecule has 4 aromatic rings. The fourth-order valence-electron chi connectivity index (χ4n) is 2.51. The minimum atomic E-state index is -4.53. The summed E-state index contributed by atoms with van der Waals surface area (Å²) in [6.07, 6.45) is -3.00. The lowest BCUT2D eigenvalue weighted by molar-refractivity contribution is -0.146. The molecule has 0 spiro atoms. The monoisotopic (exact) mass is 349 g/mol. The minimum absolute atomic E-state index is 0.00738. The van der Waals surface area contributed by atoms with Gasteiger partial charge in [0.2, 0.25) is 5.82 Å². The van der Waals surface area contributed by atoms with E-state index >= 15 is 0 Å². The van der Waals surface area contributed by atoms with Crippen molar-refractivity contribution in [3.05, 3.63) is 59.6 Å². The van der Waals surface area contributed by atoms with Crippen LogP contribution in [0.2, 0.25) is 0 Å². The average molecular weight is 349 g/mol. The normalized spacial score (nSPS) is 12.1. The van der Waals surface area contributed by atoms with Crippen LogP contribution >= 0.6 is 11.3 Å². The molecule has 1 aromatic carbocycles. The summed E-state index contributed by atoms with van der Waals surface area (Å²) in [4.78, 5) is 8.10. The average Bonchev–Trinajstić information content (AvgIpc) is 3.26. The van der Waals surface area contributed by atoms with Crippen molar-refractivity contribution in [3.63, 3.8) is 0 Å². The topological polar surface area (TPSA) is 43.9 Å². The van der Waals surface area contributed by atoms with Crippen LogP contribution in [0, 0.1) is 0 Å². The quantitative estimate of drug-likeness (QED) is 0.533. The van der Waals surface area contributed by atoms with E-state index in [1.54, 1.807) is 41.8 Å². The first-order valence-electron chi connectivity index (χ1n) is 7.03. The first-order valence-corrected chi connectivity index (χ1v) is 7.91. The van der Waals surface area contributed by atoms with Gasteiger partial charge in [-0.1, -0.05) is 12.1 Å². The number of halogens is 3. The maximum absolute atomic E-state index is 13.3. The number of rotatable bonds is 3. The van der Waals surface area contributed by atoms with Crippen molar-refractivity contribution >= 4 is 22.4 Å². The second-order valence-electron chi connectivity index (χ2n) is 5.13. The number of thiazole rings is 1. The van der Waals surface area contributed by atoms with Crippen LogP contribution in [0.25, 0.3) is 21.8 Å². The minimum Gasteiger partial charge on any atom is -0.462 e. The van der Waals surface area contributed by atoms with Crippen molar-refractivity contribution < 1.29 is 17.6 Å².